The van der Waals surface area contributed by atoms with Crippen molar-refractivity contribution < 1.29 is 9.18 Å². The zero-order chi connectivity index (χ0) is 20.1. The van der Waals surface area contributed by atoms with Crippen molar-refractivity contribution in [2.24, 2.45) is 0 Å². The van der Waals surface area contributed by atoms with E-state index in [2.05, 4.69) is 15.3 Å². The van der Waals surface area contributed by atoms with Crippen molar-refractivity contribution >= 4 is 17.4 Å². The number of piperazine rings is 1. The first-order chi connectivity index (χ1) is 14.2. The number of anilines is 2. The van der Waals surface area contributed by atoms with Crippen molar-refractivity contribution in [3.63, 3.8) is 0 Å². The zero-order valence-electron chi connectivity index (χ0n) is 16.7. The highest BCUT2D eigenvalue weighted by molar-refractivity contribution is 5.93. The van der Waals surface area contributed by atoms with Crippen molar-refractivity contribution in [2.45, 2.75) is 44.6 Å². The Morgan fingerprint density at radius 3 is 2.45 bits per heavy atom. The first-order valence-electron chi connectivity index (χ1n) is 10.6. The fourth-order valence-corrected chi connectivity index (χ4v) is 4.21. The summed E-state index contributed by atoms with van der Waals surface area (Å²) >= 11 is 0. The minimum Gasteiger partial charge on any atom is -0.367 e. The molecule has 1 saturated heterocycles. The van der Waals surface area contributed by atoms with Gasteiger partial charge in [0, 0.05) is 38.3 Å². The third kappa shape index (κ3) is 4.83. The number of rotatable bonds is 4. The van der Waals surface area contributed by atoms with Gasteiger partial charge < -0.3 is 15.1 Å². The molecule has 7 heteroatoms. The van der Waals surface area contributed by atoms with E-state index < -0.39 is 0 Å². The van der Waals surface area contributed by atoms with Crippen LogP contribution in [-0.4, -0.2) is 53.0 Å². The van der Waals surface area contributed by atoms with Crippen LogP contribution in [0.5, 0.6) is 0 Å². The van der Waals surface area contributed by atoms with E-state index in [-0.39, 0.29) is 11.7 Å². The highest BCUT2D eigenvalue weighted by atomic mass is 19.1. The van der Waals surface area contributed by atoms with E-state index in [1.54, 1.807) is 23.1 Å². The van der Waals surface area contributed by atoms with Crippen molar-refractivity contribution in [3.05, 3.63) is 48.2 Å². The number of halogens is 1. The molecular formula is C22H28FN5O. The van der Waals surface area contributed by atoms with Gasteiger partial charge in [-0.05, 0) is 25.0 Å². The van der Waals surface area contributed by atoms with Crippen molar-refractivity contribution in [3.8, 4) is 0 Å². The van der Waals surface area contributed by atoms with E-state index in [9.17, 15) is 9.18 Å². The van der Waals surface area contributed by atoms with Gasteiger partial charge in [-0.15, -0.1) is 0 Å². The standard InChI is InChI=1S/C22H28FN5O/c23-18-9-5-6-10-20(18)27-11-13-28(14-12-27)22(29)19-15-21(25-16-24-19)26-17-7-3-1-2-4-8-17/h5-6,9-10,15-17H,1-4,7-8,11-14H2,(H,24,25,26). The molecule has 1 aliphatic heterocycles. The monoisotopic (exact) mass is 397 g/mol. The molecule has 29 heavy (non-hydrogen) atoms. The summed E-state index contributed by atoms with van der Waals surface area (Å²) in [6.45, 7) is 2.29. The normalized spacial score (nSPS) is 18.4. The predicted molar refractivity (Wildman–Crippen MR) is 112 cm³/mol. The Balaban J connectivity index is 1.37. The zero-order valence-corrected chi connectivity index (χ0v) is 16.7. The third-order valence-corrected chi connectivity index (χ3v) is 5.85. The number of hydrogen-bond acceptors (Lipinski definition) is 5. The lowest BCUT2D eigenvalue weighted by Gasteiger charge is -2.36. The van der Waals surface area contributed by atoms with E-state index in [1.165, 1.54) is 38.1 Å². The Labute approximate surface area is 171 Å². The van der Waals surface area contributed by atoms with Gasteiger partial charge in [0.05, 0.1) is 5.69 Å². The van der Waals surface area contributed by atoms with Crippen molar-refractivity contribution in [1.29, 1.82) is 0 Å². The van der Waals surface area contributed by atoms with E-state index in [0.29, 0.717) is 43.6 Å². The molecule has 0 radical (unpaired) electrons. The number of nitrogens with zero attached hydrogens (tertiary/aromatic N) is 4. The lowest BCUT2D eigenvalue weighted by molar-refractivity contribution is 0.0740. The number of benzene rings is 1. The third-order valence-electron chi connectivity index (χ3n) is 5.85. The molecule has 2 heterocycles. The van der Waals surface area contributed by atoms with Gasteiger partial charge in [0.1, 0.15) is 23.7 Å². The minimum absolute atomic E-state index is 0.0931. The fourth-order valence-electron chi connectivity index (χ4n) is 4.21. The number of para-hydroxylation sites is 1. The number of aromatic nitrogens is 2. The van der Waals surface area contributed by atoms with Crippen LogP contribution in [0.4, 0.5) is 15.9 Å². The number of carbonyl (C=O) groups excluding carboxylic acids is 1. The highest BCUT2D eigenvalue weighted by Gasteiger charge is 2.24. The van der Waals surface area contributed by atoms with Crippen LogP contribution < -0.4 is 10.2 Å². The summed E-state index contributed by atoms with van der Waals surface area (Å²) in [6.07, 6.45) is 8.81. The fraction of sp³-hybridized carbons (Fsp3) is 0.500. The smallest absolute Gasteiger partial charge is 0.272 e. The van der Waals surface area contributed by atoms with Crippen LogP contribution in [-0.2, 0) is 0 Å². The maximum Gasteiger partial charge on any atom is 0.272 e. The molecule has 1 amide bonds. The molecule has 1 aromatic carbocycles. The minimum atomic E-state index is -0.225. The van der Waals surface area contributed by atoms with Crippen molar-refractivity contribution in [1.82, 2.24) is 14.9 Å². The average molecular weight is 397 g/mol. The summed E-state index contributed by atoms with van der Waals surface area (Å²) in [5.41, 5.74) is 1.01. The Kier molecular flexibility index (Phi) is 6.22. The van der Waals surface area contributed by atoms with Crippen LogP contribution in [0.25, 0.3) is 0 Å². The van der Waals surface area contributed by atoms with Gasteiger partial charge in [0.2, 0.25) is 0 Å². The molecule has 0 unspecified atom stereocenters. The van der Waals surface area contributed by atoms with Gasteiger partial charge in [-0.2, -0.15) is 0 Å². The van der Waals surface area contributed by atoms with Gasteiger partial charge in [-0.25, -0.2) is 14.4 Å². The van der Waals surface area contributed by atoms with Gasteiger partial charge in [-0.3, -0.25) is 4.79 Å². The molecule has 4 rings (SSSR count). The first-order valence-corrected chi connectivity index (χ1v) is 10.6. The molecule has 1 aromatic heterocycles. The quantitative estimate of drug-likeness (QED) is 0.797. The van der Waals surface area contributed by atoms with E-state index in [0.717, 1.165) is 18.7 Å². The van der Waals surface area contributed by atoms with Gasteiger partial charge >= 0.3 is 0 Å². The molecule has 6 nitrogen and oxygen atoms in total. The highest BCUT2D eigenvalue weighted by Crippen LogP contribution is 2.22. The Morgan fingerprint density at radius 2 is 1.72 bits per heavy atom. The summed E-state index contributed by atoms with van der Waals surface area (Å²) < 4.78 is 14.0. The van der Waals surface area contributed by atoms with Gasteiger partial charge in [-0.1, -0.05) is 37.8 Å². The SMILES string of the molecule is O=C(c1cc(NC2CCCCCC2)ncn1)N1CCN(c2ccccc2F)CC1. The molecule has 1 saturated carbocycles. The van der Waals surface area contributed by atoms with Crippen LogP contribution in [0, 0.1) is 5.82 Å². The summed E-state index contributed by atoms with van der Waals surface area (Å²) in [6, 6.07) is 8.95. The Bertz CT molecular complexity index is 829. The summed E-state index contributed by atoms with van der Waals surface area (Å²) in [5, 5.41) is 3.48. The van der Waals surface area contributed by atoms with Crippen LogP contribution in [0.2, 0.25) is 0 Å². The largest absolute Gasteiger partial charge is 0.367 e. The Morgan fingerprint density at radius 1 is 1.00 bits per heavy atom. The summed E-state index contributed by atoms with van der Waals surface area (Å²) in [4.78, 5) is 25.2. The second-order valence-corrected chi connectivity index (χ2v) is 7.85. The van der Waals surface area contributed by atoms with Gasteiger partial charge in [0.25, 0.3) is 5.91 Å². The molecule has 0 bridgehead atoms. The number of amides is 1. The molecule has 1 aliphatic carbocycles. The van der Waals surface area contributed by atoms with Crippen LogP contribution in [0.3, 0.4) is 0 Å². The number of nitrogens with one attached hydrogen (secondary N) is 1. The van der Waals surface area contributed by atoms with E-state index >= 15 is 0 Å². The number of hydrogen-bond donors (Lipinski definition) is 1. The lowest BCUT2D eigenvalue weighted by Crippen LogP contribution is -2.49. The molecule has 154 valence electrons. The van der Waals surface area contributed by atoms with Crippen molar-refractivity contribution in [2.75, 3.05) is 36.4 Å². The predicted octanol–water partition coefficient (Wildman–Crippen LogP) is 3.71. The van der Waals surface area contributed by atoms with E-state index in [4.69, 9.17) is 0 Å². The topological polar surface area (TPSA) is 61.4 Å². The average Bonchev–Trinajstić information content (AvgIpc) is 3.03. The molecule has 2 aromatic rings. The molecular weight excluding hydrogens is 369 g/mol. The molecule has 2 fully saturated rings. The number of carbonyl (C=O) groups is 1. The second-order valence-electron chi connectivity index (χ2n) is 7.85. The van der Waals surface area contributed by atoms with E-state index in [1.807, 2.05) is 11.0 Å². The van der Waals surface area contributed by atoms with Crippen LogP contribution in [0.1, 0.15) is 49.0 Å². The maximum atomic E-state index is 14.0. The molecule has 0 atom stereocenters. The van der Waals surface area contributed by atoms with Gasteiger partial charge in [0.15, 0.2) is 0 Å². The second kappa shape index (κ2) is 9.20. The summed E-state index contributed by atoms with van der Waals surface area (Å²) in [7, 11) is 0. The first kappa shape index (κ1) is 19.6. The Hall–Kier alpha value is -2.70. The molecule has 2 aliphatic rings. The lowest BCUT2D eigenvalue weighted by atomic mass is 10.1. The van der Waals surface area contributed by atoms with Crippen LogP contribution in [0.15, 0.2) is 36.7 Å². The maximum absolute atomic E-state index is 14.0. The molecule has 0 spiro atoms. The molecule has 1 N–H and O–H groups in total. The summed E-state index contributed by atoms with van der Waals surface area (Å²) in [5.74, 6) is 0.405. The van der Waals surface area contributed by atoms with Crippen LogP contribution >= 0.6 is 0 Å².